The van der Waals surface area contributed by atoms with Gasteiger partial charge in [0, 0.05) is 17.5 Å². The number of nitrogens with two attached hydrogens (primary N) is 1. The van der Waals surface area contributed by atoms with Crippen LogP contribution in [0.5, 0.6) is 0 Å². The van der Waals surface area contributed by atoms with Crippen LogP contribution >= 0.6 is 11.6 Å². The van der Waals surface area contributed by atoms with Gasteiger partial charge in [-0.15, -0.1) is 0 Å². The zero-order valence-corrected chi connectivity index (χ0v) is 5.81. The molecule has 4 heteroatoms. The van der Waals surface area contributed by atoms with Crippen molar-refractivity contribution in [2.75, 3.05) is 5.73 Å². The smallest absolute Gasteiger partial charge is 0.166 e. The zero-order chi connectivity index (χ0) is 6.85. The summed E-state index contributed by atoms with van der Waals surface area (Å²) < 4.78 is 0. The molecule has 2 nitrogen and oxygen atoms in total. The lowest BCUT2D eigenvalue weighted by Gasteiger charge is -1.96. The lowest BCUT2D eigenvalue weighted by atomic mass is 10.0. The van der Waals surface area contributed by atoms with E-state index in [0.717, 1.165) is 5.59 Å². The van der Waals surface area contributed by atoms with Crippen LogP contribution in [0.4, 0.5) is 5.69 Å². The first kappa shape index (κ1) is 6.43. The number of hydrogen-bond donors (Lipinski definition) is 1. The SMILES string of the molecule is Bc1ncc(Cl)cc1N. The molecule has 0 atom stereocenters. The van der Waals surface area contributed by atoms with Crippen LogP contribution in [0.15, 0.2) is 12.3 Å². The van der Waals surface area contributed by atoms with Gasteiger partial charge in [-0.25, -0.2) is 0 Å². The summed E-state index contributed by atoms with van der Waals surface area (Å²) in [5.41, 5.74) is 6.93. The van der Waals surface area contributed by atoms with Crippen LogP contribution in [0.1, 0.15) is 0 Å². The molecule has 0 saturated carbocycles. The summed E-state index contributed by atoms with van der Waals surface area (Å²) >= 11 is 5.57. The highest BCUT2D eigenvalue weighted by Crippen LogP contribution is 2.06. The Bertz CT molecular complexity index is 226. The standard InChI is InChI=1S/C5H6BClN2/c6-5-4(8)1-3(7)2-9-5/h1-2H,6,8H2. The van der Waals surface area contributed by atoms with E-state index >= 15 is 0 Å². The van der Waals surface area contributed by atoms with Crippen molar-refractivity contribution in [3.05, 3.63) is 17.3 Å². The molecule has 46 valence electrons. The maximum absolute atomic E-state index is 5.57. The molecule has 0 aliphatic carbocycles. The van der Waals surface area contributed by atoms with E-state index < -0.39 is 0 Å². The molecular weight excluding hydrogens is 134 g/mol. The normalized spacial score (nSPS) is 9.44. The predicted molar refractivity (Wildman–Crippen MR) is 41.8 cm³/mol. The predicted octanol–water partition coefficient (Wildman–Crippen LogP) is -0.424. The average molecular weight is 140 g/mol. The lowest BCUT2D eigenvalue weighted by Crippen LogP contribution is -2.12. The van der Waals surface area contributed by atoms with E-state index in [0.29, 0.717) is 10.7 Å². The zero-order valence-electron chi connectivity index (χ0n) is 5.06. The van der Waals surface area contributed by atoms with Crippen molar-refractivity contribution in [2.45, 2.75) is 0 Å². The Morgan fingerprint density at radius 2 is 2.33 bits per heavy atom. The molecule has 1 aromatic rings. The second-order valence-corrected chi connectivity index (χ2v) is 2.26. The highest BCUT2D eigenvalue weighted by Gasteiger charge is 1.92. The van der Waals surface area contributed by atoms with E-state index in [1.165, 1.54) is 0 Å². The number of aromatic nitrogens is 1. The molecule has 1 aromatic heterocycles. The van der Waals surface area contributed by atoms with Gasteiger partial charge in [-0.2, -0.15) is 0 Å². The number of halogens is 1. The third-order valence-electron chi connectivity index (χ3n) is 1.09. The summed E-state index contributed by atoms with van der Waals surface area (Å²) in [6.45, 7) is 0. The molecule has 0 aliphatic rings. The summed E-state index contributed by atoms with van der Waals surface area (Å²) in [5, 5.41) is 0.582. The van der Waals surface area contributed by atoms with Gasteiger partial charge in [0.1, 0.15) is 0 Å². The fourth-order valence-corrected chi connectivity index (χ4v) is 0.690. The Hall–Kier alpha value is -0.695. The number of anilines is 1. The van der Waals surface area contributed by atoms with Crippen molar-refractivity contribution in [1.82, 2.24) is 4.98 Å². The van der Waals surface area contributed by atoms with Gasteiger partial charge in [0.25, 0.3) is 0 Å². The molecule has 0 aromatic carbocycles. The first-order valence-electron chi connectivity index (χ1n) is 2.58. The van der Waals surface area contributed by atoms with Crippen molar-refractivity contribution in [2.24, 2.45) is 0 Å². The molecule has 0 fully saturated rings. The van der Waals surface area contributed by atoms with E-state index in [1.807, 2.05) is 7.85 Å². The minimum atomic E-state index is 0.582. The quantitative estimate of drug-likeness (QED) is 0.497. The largest absolute Gasteiger partial charge is 0.398 e. The molecule has 9 heavy (non-hydrogen) atoms. The minimum Gasteiger partial charge on any atom is -0.398 e. The summed E-state index contributed by atoms with van der Waals surface area (Å²) in [6.07, 6.45) is 1.58. The molecule has 0 amide bonds. The van der Waals surface area contributed by atoms with E-state index in [-0.39, 0.29) is 0 Å². The van der Waals surface area contributed by atoms with E-state index in [1.54, 1.807) is 12.3 Å². The van der Waals surface area contributed by atoms with Crippen LogP contribution in [-0.4, -0.2) is 12.8 Å². The second kappa shape index (κ2) is 2.27. The Morgan fingerprint density at radius 3 is 2.78 bits per heavy atom. The Balaban J connectivity index is 3.17. The Kier molecular flexibility index (Phi) is 1.62. The molecule has 1 heterocycles. The number of nitrogen functional groups attached to an aromatic ring is 1. The molecule has 0 bridgehead atoms. The molecule has 0 saturated heterocycles. The van der Waals surface area contributed by atoms with Gasteiger partial charge in [-0.1, -0.05) is 11.6 Å². The molecule has 0 unspecified atom stereocenters. The highest BCUT2D eigenvalue weighted by molar-refractivity contribution is 6.35. The van der Waals surface area contributed by atoms with Crippen LogP contribution in [0.25, 0.3) is 0 Å². The van der Waals surface area contributed by atoms with Crippen LogP contribution in [0, 0.1) is 0 Å². The molecular formula is C5H6BClN2. The van der Waals surface area contributed by atoms with Gasteiger partial charge in [0.2, 0.25) is 0 Å². The third-order valence-corrected chi connectivity index (χ3v) is 1.30. The maximum atomic E-state index is 5.57. The van der Waals surface area contributed by atoms with Gasteiger partial charge in [-0.05, 0) is 6.07 Å². The molecule has 2 N–H and O–H groups in total. The summed E-state index contributed by atoms with van der Waals surface area (Å²) in [5.74, 6) is 0. The lowest BCUT2D eigenvalue weighted by molar-refractivity contribution is 1.39. The molecule has 1 rings (SSSR count). The van der Waals surface area contributed by atoms with Gasteiger partial charge < -0.3 is 5.73 Å². The van der Waals surface area contributed by atoms with Crippen LogP contribution < -0.4 is 11.3 Å². The Labute approximate surface area is 59.4 Å². The van der Waals surface area contributed by atoms with Gasteiger partial charge >= 0.3 is 0 Å². The first-order valence-corrected chi connectivity index (χ1v) is 2.95. The van der Waals surface area contributed by atoms with Gasteiger partial charge in [-0.3, -0.25) is 4.98 Å². The summed E-state index contributed by atoms with van der Waals surface area (Å²) in [6, 6.07) is 1.68. The van der Waals surface area contributed by atoms with Crippen molar-refractivity contribution >= 4 is 30.7 Å². The number of hydrogen-bond acceptors (Lipinski definition) is 2. The van der Waals surface area contributed by atoms with E-state index in [2.05, 4.69) is 4.98 Å². The van der Waals surface area contributed by atoms with Crippen molar-refractivity contribution in [1.29, 1.82) is 0 Å². The molecule has 0 aliphatic heterocycles. The second-order valence-electron chi connectivity index (χ2n) is 1.83. The highest BCUT2D eigenvalue weighted by atomic mass is 35.5. The monoisotopic (exact) mass is 140 g/mol. The van der Waals surface area contributed by atoms with Crippen molar-refractivity contribution in [3.63, 3.8) is 0 Å². The average Bonchev–Trinajstić information content (AvgIpc) is 1.80. The van der Waals surface area contributed by atoms with Gasteiger partial charge in [0.05, 0.1) is 5.02 Å². The number of rotatable bonds is 0. The number of pyridine rings is 1. The fourth-order valence-electron chi connectivity index (χ4n) is 0.523. The maximum Gasteiger partial charge on any atom is 0.166 e. The first-order chi connectivity index (χ1) is 4.20. The third kappa shape index (κ3) is 1.36. The van der Waals surface area contributed by atoms with E-state index in [4.69, 9.17) is 17.3 Å². The summed E-state index contributed by atoms with van der Waals surface area (Å²) in [4.78, 5) is 3.92. The van der Waals surface area contributed by atoms with Crippen molar-refractivity contribution in [3.8, 4) is 0 Å². The van der Waals surface area contributed by atoms with Crippen LogP contribution in [0.3, 0.4) is 0 Å². The molecule has 0 spiro atoms. The van der Waals surface area contributed by atoms with E-state index in [9.17, 15) is 0 Å². The number of nitrogens with zero attached hydrogens (tertiary/aromatic N) is 1. The van der Waals surface area contributed by atoms with Crippen LogP contribution in [-0.2, 0) is 0 Å². The Morgan fingerprint density at radius 1 is 1.67 bits per heavy atom. The minimum absolute atomic E-state index is 0.582. The van der Waals surface area contributed by atoms with Crippen LogP contribution in [0.2, 0.25) is 5.02 Å². The van der Waals surface area contributed by atoms with Crippen molar-refractivity contribution < 1.29 is 0 Å². The fraction of sp³-hybridized carbons (Fsp3) is 0. The molecule has 0 radical (unpaired) electrons. The topological polar surface area (TPSA) is 38.9 Å². The van der Waals surface area contributed by atoms with Gasteiger partial charge in [0.15, 0.2) is 7.85 Å². The summed E-state index contributed by atoms with van der Waals surface area (Å²) in [7, 11) is 1.84.